The lowest BCUT2D eigenvalue weighted by Gasteiger charge is -2.06. The molecule has 0 fully saturated rings. The Kier molecular flexibility index (Phi) is 4.20. The molecular formula is C10H17N7. The van der Waals surface area contributed by atoms with Crippen molar-refractivity contribution in [2.24, 2.45) is 5.73 Å². The standard InChI is InChI=1S/C10H17N7/c11-5-3-1-2-4-6-13-9-7-12-8-10-14-15-16-17(9)10/h7-8,13H,1-6,11H2. The van der Waals surface area contributed by atoms with Gasteiger partial charge in [-0.1, -0.05) is 12.8 Å². The molecule has 2 rings (SSSR count). The first-order valence-corrected chi connectivity index (χ1v) is 5.88. The van der Waals surface area contributed by atoms with Crippen molar-refractivity contribution in [3.63, 3.8) is 0 Å². The van der Waals surface area contributed by atoms with Crippen LogP contribution in [0.1, 0.15) is 25.7 Å². The average molecular weight is 235 g/mol. The van der Waals surface area contributed by atoms with E-state index in [-0.39, 0.29) is 0 Å². The van der Waals surface area contributed by atoms with Gasteiger partial charge in [0.2, 0.25) is 0 Å². The Morgan fingerprint density at radius 1 is 1.18 bits per heavy atom. The quantitative estimate of drug-likeness (QED) is 0.677. The Morgan fingerprint density at radius 3 is 2.94 bits per heavy atom. The molecule has 0 saturated heterocycles. The van der Waals surface area contributed by atoms with Gasteiger partial charge < -0.3 is 11.1 Å². The zero-order valence-corrected chi connectivity index (χ0v) is 9.71. The summed E-state index contributed by atoms with van der Waals surface area (Å²) in [7, 11) is 0. The predicted octanol–water partition coefficient (Wildman–Crippen LogP) is 0.450. The minimum absolute atomic E-state index is 0.651. The molecule has 2 aromatic heterocycles. The highest BCUT2D eigenvalue weighted by atomic mass is 15.5. The summed E-state index contributed by atoms with van der Waals surface area (Å²) in [6.45, 7) is 1.67. The molecule has 0 unspecified atom stereocenters. The average Bonchev–Trinajstić information content (AvgIpc) is 2.82. The Labute approximate surface area is 99.4 Å². The molecule has 17 heavy (non-hydrogen) atoms. The van der Waals surface area contributed by atoms with Gasteiger partial charge in [0.1, 0.15) is 5.82 Å². The first kappa shape index (κ1) is 11.7. The van der Waals surface area contributed by atoms with Gasteiger partial charge in [-0.15, -0.1) is 5.10 Å². The molecule has 0 aromatic carbocycles. The van der Waals surface area contributed by atoms with E-state index in [1.165, 1.54) is 12.8 Å². The number of unbranched alkanes of at least 4 members (excludes halogenated alkanes) is 3. The molecule has 0 aliphatic carbocycles. The van der Waals surface area contributed by atoms with Crippen molar-refractivity contribution >= 4 is 11.5 Å². The number of nitrogens with zero attached hydrogens (tertiary/aromatic N) is 5. The smallest absolute Gasteiger partial charge is 0.199 e. The van der Waals surface area contributed by atoms with E-state index in [1.54, 1.807) is 16.9 Å². The maximum Gasteiger partial charge on any atom is 0.199 e. The van der Waals surface area contributed by atoms with Crippen molar-refractivity contribution in [2.75, 3.05) is 18.4 Å². The van der Waals surface area contributed by atoms with Crippen molar-refractivity contribution in [1.29, 1.82) is 0 Å². The number of nitrogens with two attached hydrogens (primary N) is 1. The molecular weight excluding hydrogens is 218 g/mol. The molecule has 0 aliphatic rings. The van der Waals surface area contributed by atoms with E-state index in [0.717, 1.165) is 31.7 Å². The lowest BCUT2D eigenvalue weighted by molar-refractivity contribution is 0.659. The summed E-state index contributed by atoms with van der Waals surface area (Å²) in [5.41, 5.74) is 6.09. The van der Waals surface area contributed by atoms with Gasteiger partial charge in [-0.2, -0.15) is 4.52 Å². The first-order valence-electron chi connectivity index (χ1n) is 5.88. The van der Waals surface area contributed by atoms with Crippen LogP contribution in [0.15, 0.2) is 12.4 Å². The number of rotatable bonds is 7. The second-order valence-electron chi connectivity index (χ2n) is 3.87. The highest BCUT2D eigenvalue weighted by molar-refractivity contribution is 5.43. The summed E-state index contributed by atoms with van der Waals surface area (Å²) in [6.07, 6.45) is 7.94. The summed E-state index contributed by atoms with van der Waals surface area (Å²) in [5, 5.41) is 14.6. The van der Waals surface area contributed by atoms with Gasteiger partial charge in [0.15, 0.2) is 5.65 Å². The van der Waals surface area contributed by atoms with Crippen molar-refractivity contribution < 1.29 is 0 Å². The topological polar surface area (TPSA) is 94.0 Å². The van der Waals surface area contributed by atoms with Crippen LogP contribution < -0.4 is 11.1 Å². The summed E-state index contributed by atoms with van der Waals surface area (Å²) in [5.74, 6) is 0.825. The fourth-order valence-corrected chi connectivity index (χ4v) is 1.64. The first-order chi connectivity index (χ1) is 8.42. The molecule has 3 N–H and O–H groups in total. The van der Waals surface area contributed by atoms with Crippen LogP contribution in [0, 0.1) is 0 Å². The van der Waals surface area contributed by atoms with Gasteiger partial charge in [-0.05, 0) is 29.8 Å². The normalized spacial score (nSPS) is 10.9. The second kappa shape index (κ2) is 6.09. The lowest BCUT2D eigenvalue weighted by atomic mass is 10.2. The molecule has 0 bridgehead atoms. The molecule has 7 heteroatoms. The number of aromatic nitrogens is 5. The molecule has 92 valence electrons. The Balaban J connectivity index is 1.80. The third kappa shape index (κ3) is 3.10. The highest BCUT2D eigenvalue weighted by Gasteiger charge is 2.02. The maximum absolute atomic E-state index is 5.44. The molecule has 0 spiro atoms. The maximum atomic E-state index is 5.44. The van der Waals surface area contributed by atoms with Crippen LogP contribution in [-0.4, -0.2) is 38.1 Å². The molecule has 0 saturated carbocycles. The minimum Gasteiger partial charge on any atom is -0.369 e. The van der Waals surface area contributed by atoms with E-state index in [2.05, 4.69) is 25.8 Å². The van der Waals surface area contributed by atoms with E-state index < -0.39 is 0 Å². The Hall–Kier alpha value is -1.76. The van der Waals surface area contributed by atoms with E-state index in [0.29, 0.717) is 5.65 Å². The molecule has 2 aromatic rings. The van der Waals surface area contributed by atoms with E-state index in [1.807, 2.05) is 0 Å². The highest BCUT2D eigenvalue weighted by Crippen LogP contribution is 2.06. The predicted molar refractivity (Wildman–Crippen MR) is 64.6 cm³/mol. The van der Waals surface area contributed by atoms with Gasteiger partial charge in [0.25, 0.3) is 0 Å². The van der Waals surface area contributed by atoms with Crippen LogP contribution in [0.25, 0.3) is 5.65 Å². The van der Waals surface area contributed by atoms with Crippen LogP contribution >= 0.6 is 0 Å². The van der Waals surface area contributed by atoms with Gasteiger partial charge in [-0.25, -0.2) is 0 Å². The summed E-state index contributed by atoms with van der Waals surface area (Å²) < 4.78 is 1.65. The van der Waals surface area contributed by atoms with Gasteiger partial charge in [0, 0.05) is 6.54 Å². The fourth-order valence-electron chi connectivity index (χ4n) is 1.64. The molecule has 0 atom stereocenters. The number of anilines is 1. The lowest BCUT2D eigenvalue weighted by Crippen LogP contribution is -2.07. The van der Waals surface area contributed by atoms with E-state index >= 15 is 0 Å². The molecule has 0 radical (unpaired) electrons. The molecule has 0 aliphatic heterocycles. The largest absolute Gasteiger partial charge is 0.369 e. The number of hydrogen-bond donors (Lipinski definition) is 2. The van der Waals surface area contributed by atoms with Crippen LogP contribution in [0.5, 0.6) is 0 Å². The third-order valence-electron chi connectivity index (χ3n) is 2.55. The third-order valence-corrected chi connectivity index (χ3v) is 2.55. The summed E-state index contributed by atoms with van der Waals surface area (Å²) >= 11 is 0. The Bertz CT molecular complexity index is 453. The van der Waals surface area contributed by atoms with Crippen LogP contribution in [0.3, 0.4) is 0 Å². The second-order valence-corrected chi connectivity index (χ2v) is 3.87. The summed E-state index contributed by atoms with van der Waals surface area (Å²) in [6, 6.07) is 0. The number of nitrogens with one attached hydrogen (secondary N) is 1. The van der Waals surface area contributed by atoms with Crippen LogP contribution in [0.2, 0.25) is 0 Å². The van der Waals surface area contributed by atoms with Crippen molar-refractivity contribution in [1.82, 2.24) is 25.0 Å². The van der Waals surface area contributed by atoms with Gasteiger partial charge in [0.05, 0.1) is 12.4 Å². The zero-order chi connectivity index (χ0) is 11.9. The molecule has 7 nitrogen and oxygen atoms in total. The monoisotopic (exact) mass is 235 g/mol. The molecule has 0 amide bonds. The van der Waals surface area contributed by atoms with Crippen molar-refractivity contribution in [3.05, 3.63) is 12.4 Å². The number of hydrogen-bond acceptors (Lipinski definition) is 6. The SMILES string of the molecule is NCCCCCCNc1cncc2nnnn12. The van der Waals surface area contributed by atoms with Crippen molar-refractivity contribution in [2.45, 2.75) is 25.7 Å². The number of fused-ring (bicyclic) bond motifs is 1. The van der Waals surface area contributed by atoms with Crippen LogP contribution in [-0.2, 0) is 0 Å². The molecule has 2 heterocycles. The van der Waals surface area contributed by atoms with Crippen molar-refractivity contribution in [3.8, 4) is 0 Å². The van der Waals surface area contributed by atoms with Gasteiger partial charge >= 0.3 is 0 Å². The summed E-state index contributed by atoms with van der Waals surface area (Å²) in [4.78, 5) is 4.07. The van der Waals surface area contributed by atoms with Gasteiger partial charge in [-0.3, -0.25) is 4.98 Å². The van der Waals surface area contributed by atoms with E-state index in [9.17, 15) is 0 Å². The van der Waals surface area contributed by atoms with E-state index in [4.69, 9.17) is 5.73 Å². The minimum atomic E-state index is 0.651. The number of tetrazole rings is 1. The van der Waals surface area contributed by atoms with Crippen LogP contribution in [0.4, 0.5) is 5.82 Å². The Morgan fingerprint density at radius 2 is 2.06 bits per heavy atom. The zero-order valence-electron chi connectivity index (χ0n) is 9.71. The fraction of sp³-hybridized carbons (Fsp3) is 0.600.